The van der Waals surface area contributed by atoms with E-state index in [9.17, 15) is 19.5 Å². The van der Waals surface area contributed by atoms with Crippen LogP contribution in [0.25, 0.3) is 0 Å². The summed E-state index contributed by atoms with van der Waals surface area (Å²) in [6.45, 7) is 1.02. The zero-order chi connectivity index (χ0) is 14.2. The Morgan fingerprint density at radius 1 is 1.26 bits per heavy atom. The van der Waals surface area contributed by atoms with Gasteiger partial charge in [-0.1, -0.05) is 12.1 Å². The molecule has 0 radical (unpaired) electrons. The molecule has 0 bridgehead atoms. The monoisotopic (exact) mass is 263 g/mol. The molecule has 0 spiro atoms. The number of carboxylic acid groups (broad SMARTS) is 1. The Kier molecular flexibility index (Phi) is 3.11. The average Bonchev–Trinajstić information content (AvgIpc) is 2.63. The molecule has 1 aromatic carbocycles. The van der Waals surface area contributed by atoms with Crippen LogP contribution in [0.1, 0.15) is 27.6 Å². The first-order valence-corrected chi connectivity index (χ1v) is 5.63. The highest BCUT2D eigenvalue weighted by atomic mass is 16.5. The molecule has 0 saturated heterocycles. The third-order valence-electron chi connectivity index (χ3n) is 3.17. The van der Waals surface area contributed by atoms with Crippen LogP contribution < -0.4 is 0 Å². The van der Waals surface area contributed by atoms with Gasteiger partial charge in [-0.05, 0) is 19.1 Å². The zero-order valence-corrected chi connectivity index (χ0v) is 10.5. The molecule has 0 fully saturated rings. The molecular weight excluding hydrogens is 250 g/mol. The number of carbonyl (C=O) groups is 3. The summed E-state index contributed by atoms with van der Waals surface area (Å²) in [5, 5.41) is 9.31. The normalized spacial score (nSPS) is 17.3. The molecule has 1 aliphatic heterocycles. The Balaban J connectivity index is 2.51. The first-order valence-electron chi connectivity index (χ1n) is 5.63. The molecule has 100 valence electrons. The number of aliphatic carboxylic acids is 1. The van der Waals surface area contributed by atoms with Crippen LogP contribution in [0.15, 0.2) is 24.3 Å². The van der Waals surface area contributed by atoms with E-state index >= 15 is 0 Å². The summed E-state index contributed by atoms with van der Waals surface area (Å²) in [4.78, 5) is 36.6. The highest BCUT2D eigenvalue weighted by molar-refractivity contribution is 6.23. The molecule has 1 atom stereocenters. The number of imide groups is 1. The largest absolute Gasteiger partial charge is 0.479 e. The van der Waals surface area contributed by atoms with E-state index < -0.39 is 23.3 Å². The Morgan fingerprint density at radius 3 is 2.11 bits per heavy atom. The van der Waals surface area contributed by atoms with Gasteiger partial charge >= 0.3 is 5.97 Å². The van der Waals surface area contributed by atoms with E-state index in [1.807, 2.05) is 0 Å². The number of rotatable bonds is 4. The number of hydrogen-bond acceptors (Lipinski definition) is 4. The van der Waals surface area contributed by atoms with Gasteiger partial charge in [0.15, 0.2) is 5.54 Å². The summed E-state index contributed by atoms with van der Waals surface area (Å²) in [5.74, 6) is -2.51. The van der Waals surface area contributed by atoms with E-state index in [1.54, 1.807) is 12.1 Å². The van der Waals surface area contributed by atoms with Crippen molar-refractivity contribution < 1.29 is 24.2 Å². The fraction of sp³-hybridized carbons (Fsp3) is 0.308. The lowest BCUT2D eigenvalue weighted by atomic mass is 10.0. The lowest BCUT2D eigenvalue weighted by molar-refractivity contribution is -0.150. The van der Waals surface area contributed by atoms with Crippen LogP contribution in [0.2, 0.25) is 0 Å². The standard InChI is InChI=1S/C13H13NO5/c1-13(7-19-2,12(17)18)14-10(15)8-5-3-4-6-9(8)11(14)16/h3-6H,7H2,1-2H3,(H,17,18). The van der Waals surface area contributed by atoms with Gasteiger partial charge < -0.3 is 9.84 Å². The average molecular weight is 263 g/mol. The highest BCUT2D eigenvalue weighted by Gasteiger charge is 2.51. The number of hydrogen-bond donors (Lipinski definition) is 1. The van der Waals surface area contributed by atoms with E-state index in [4.69, 9.17) is 4.74 Å². The molecule has 0 aromatic heterocycles. The van der Waals surface area contributed by atoms with Crippen molar-refractivity contribution in [1.82, 2.24) is 4.90 Å². The van der Waals surface area contributed by atoms with Crippen LogP contribution in [-0.4, -0.2) is 47.0 Å². The number of benzene rings is 1. The minimum atomic E-state index is -1.72. The molecule has 1 aromatic rings. The minimum absolute atomic E-state index is 0.219. The van der Waals surface area contributed by atoms with Gasteiger partial charge in [0.25, 0.3) is 11.8 Å². The van der Waals surface area contributed by atoms with Crippen molar-refractivity contribution in [3.8, 4) is 0 Å². The predicted octanol–water partition coefficient (Wildman–Crippen LogP) is 0.772. The molecule has 0 aliphatic carbocycles. The molecule has 2 rings (SSSR count). The summed E-state index contributed by atoms with van der Waals surface area (Å²) in [6, 6.07) is 6.26. The fourth-order valence-electron chi connectivity index (χ4n) is 2.14. The van der Waals surface area contributed by atoms with E-state index in [2.05, 4.69) is 0 Å². The third-order valence-corrected chi connectivity index (χ3v) is 3.17. The molecular formula is C13H13NO5. The van der Waals surface area contributed by atoms with E-state index in [1.165, 1.54) is 26.2 Å². The minimum Gasteiger partial charge on any atom is -0.479 e. The van der Waals surface area contributed by atoms with Gasteiger partial charge in [0.2, 0.25) is 0 Å². The number of carbonyl (C=O) groups excluding carboxylic acids is 2. The predicted molar refractivity (Wildman–Crippen MR) is 64.9 cm³/mol. The zero-order valence-electron chi connectivity index (χ0n) is 10.5. The van der Waals surface area contributed by atoms with Crippen molar-refractivity contribution in [3.63, 3.8) is 0 Å². The summed E-state index contributed by atoms with van der Waals surface area (Å²) < 4.78 is 4.85. The van der Waals surface area contributed by atoms with Gasteiger partial charge in [0.1, 0.15) is 0 Å². The Labute approximate surface area is 109 Å². The first-order chi connectivity index (χ1) is 8.93. The van der Waals surface area contributed by atoms with Crippen molar-refractivity contribution in [2.75, 3.05) is 13.7 Å². The number of methoxy groups -OCH3 is 1. The van der Waals surface area contributed by atoms with Crippen LogP contribution >= 0.6 is 0 Å². The molecule has 1 aliphatic rings. The molecule has 0 saturated carbocycles. The molecule has 19 heavy (non-hydrogen) atoms. The fourth-order valence-corrected chi connectivity index (χ4v) is 2.14. The van der Waals surface area contributed by atoms with Crippen molar-refractivity contribution in [2.45, 2.75) is 12.5 Å². The Hall–Kier alpha value is -2.21. The summed E-state index contributed by atoms with van der Waals surface area (Å²) in [7, 11) is 1.32. The van der Waals surface area contributed by atoms with Crippen molar-refractivity contribution in [2.24, 2.45) is 0 Å². The van der Waals surface area contributed by atoms with Crippen molar-refractivity contribution in [1.29, 1.82) is 0 Å². The van der Waals surface area contributed by atoms with Gasteiger partial charge in [0, 0.05) is 7.11 Å². The van der Waals surface area contributed by atoms with Crippen LogP contribution in [0.3, 0.4) is 0 Å². The SMILES string of the molecule is COCC(C)(C(=O)O)N1C(=O)c2ccccc2C1=O. The van der Waals surface area contributed by atoms with Crippen LogP contribution in [0.4, 0.5) is 0 Å². The Bertz CT molecular complexity index is 533. The molecule has 6 heteroatoms. The quantitative estimate of drug-likeness (QED) is 0.811. The molecule has 2 amide bonds. The number of ether oxygens (including phenoxy) is 1. The second kappa shape index (κ2) is 4.47. The molecule has 1 unspecified atom stereocenters. The topological polar surface area (TPSA) is 83.9 Å². The van der Waals surface area contributed by atoms with Gasteiger partial charge in [-0.25, -0.2) is 4.79 Å². The van der Waals surface area contributed by atoms with Gasteiger partial charge in [0.05, 0.1) is 17.7 Å². The lowest BCUT2D eigenvalue weighted by Crippen LogP contribution is -2.57. The summed E-state index contributed by atoms with van der Waals surface area (Å²) in [5.41, 5.74) is -1.28. The van der Waals surface area contributed by atoms with Crippen LogP contribution in [0, 0.1) is 0 Å². The second-order valence-corrected chi connectivity index (χ2v) is 4.50. The van der Waals surface area contributed by atoms with Crippen molar-refractivity contribution >= 4 is 17.8 Å². The van der Waals surface area contributed by atoms with Gasteiger partial charge in [-0.15, -0.1) is 0 Å². The number of amides is 2. The smallest absolute Gasteiger partial charge is 0.332 e. The summed E-state index contributed by atoms with van der Waals surface area (Å²) >= 11 is 0. The first kappa shape index (κ1) is 13.2. The third kappa shape index (κ3) is 1.80. The van der Waals surface area contributed by atoms with E-state index in [0.29, 0.717) is 0 Å². The lowest BCUT2D eigenvalue weighted by Gasteiger charge is -2.32. The maximum atomic E-state index is 12.2. The number of carboxylic acids is 1. The maximum absolute atomic E-state index is 12.2. The number of nitrogens with zero attached hydrogens (tertiary/aromatic N) is 1. The van der Waals surface area contributed by atoms with Crippen LogP contribution in [-0.2, 0) is 9.53 Å². The van der Waals surface area contributed by atoms with Crippen molar-refractivity contribution in [3.05, 3.63) is 35.4 Å². The number of fused-ring (bicyclic) bond motifs is 1. The highest BCUT2D eigenvalue weighted by Crippen LogP contribution is 2.29. The van der Waals surface area contributed by atoms with Gasteiger partial charge in [-0.3, -0.25) is 14.5 Å². The summed E-state index contributed by atoms with van der Waals surface area (Å²) in [6.07, 6.45) is 0. The molecule has 1 heterocycles. The second-order valence-electron chi connectivity index (χ2n) is 4.50. The van der Waals surface area contributed by atoms with Gasteiger partial charge in [-0.2, -0.15) is 0 Å². The van der Waals surface area contributed by atoms with E-state index in [0.717, 1.165) is 4.90 Å². The van der Waals surface area contributed by atoms with Crippen LogP contribution in [0.5, 0.6) is 0 Å². The molecule has 1 N–H and O–H groups in total. The molecule has 6 nitrogen and oxygen atoms in total. The Morgan fingerprint density at radius 2 is 1.74 bits per heavy atom. The van der Waals surface area contributed by atoms with E-state index in [-0.39, 0.29) is 17.7 Å². The maximum Gasteiger partial charge on any atom is 0.332 e.